The molecule has 158 valence electrons. The standard InChI is InChI=1S/C23H33N3O3/c1-6-26-22(27)20(17-7-9-19(10-8-17)29-15-16(2)3)21(23(26)28)25(5)18-11-13-24(4)14-12-18/h7-10,16,18H,6,11-15H2,1-5H3. The molecule has 6 nitrogen and oxygen atoms in total. The Labute approximate surface area is 174 Å². The normalized spacial score (nSPS) is 18.9. The number of hydrogen-bond donors (Lipinski definition) is 0. The van der Waals surface area contributed by atoms with E-state index in [4.69, 9.17) is 4.74 Å². The molecule has 0 saturated carbocycles. The van der Waals surface area contributed by atoms with Gasteiger partial charge in [0, 0.05) is 19.6 Å². The average molecular weight is 400 g/mol. The molecule has 3 rings (SSSR count). The van der Waals surface area contributed by atoms with Crippen LogP contribution < -0.4 is 4.74 Å². The zero-order valence-corrected chi connectivity index (χ0v) is 18.3. The molecule has 0 spiro atoms. The van der Waals surface area contributed by atoms with Crippen LogP contribution in [-0.2, 0) is 9.59 Å². The molecule has 0 bridgehead atoms. The highest BCUT2D eigenvalue weighted by Crippen LogP contribution is 2.34. The molecule has 1 aromatic rings. The average Bonchev–Trinajstić information content (AvgIpc) is 2.96. The molecule has 1 aromatic carbocycles. The summed E-state index contributed by atoms with van der Waals surface area (Å²) in [5.41, 5.74) is 1.81. The molecule has 6 heteroatoms. The van der Waals surface area contributed by atoms with Gasteiger partial charge >= 0.3 is 0 Å². The number of carbonyl (C=O) groups is 2. The Balaban J connectivity index is 1.92. The first-order chi connectivity index (χ1) is 13.8. The summed E-state index contributed by atoms with van der Waals surface area (Å²) >= 11 is 0. The van der Waals surface area contributed by atoms with Gasteiger partial charge in [0.25, 0.3) is 11.8 Å². The smallest absolute Gasteiger partial charge is 0.277 e. The molecule has 0 radical (unpaired) electrons. The van der Waals surface area contributed by atoms with Gasteiger partial charge in [-0.05, 0) is 63.5 Å². The topological polar surface area (TPSA) is 53.1 Å². The molecule has 0 aliphatic carbocycles. The minimum absolute atomic E-state index is 0.186. The van der Waals surface area contributed by atoms with E-state index in [0.717, 1.165) is 37.2 Å². The summed E-state index contributed by atoms with van der Waals surface area (Å²) in [5.74, 6) is 0.828. The van der Waals surface area contributed by atoms with E-state index in [0.29, 0.717) is 30.3 Å². The third kappa shape index (κ3) is 4.47. The van der Waals surface area contributed by atoms with Gasteiger partial charge in [-0.25, -0.2) is 0 Å². The number of ether oxygens (including phenoxy) is 1. The van der Waals surface area contributed by atoms with E-state index in [-0.39, 0.29) is 17.9 Å². The maximum atomic E-state index is 13.1. The fourth-order valence-electron chi connectivity index (χ4n) is 3.98. The SMILES string of the molecule is CCN1C(=O)C(c2ccc(OCC(C)C)cc2)=C(N(C)C2CCN(C)CC2)C1=O. The van der Waals surface area contributed by atoms with Gasteiger partial charge in [-0.3, -0.25) is 14.5 Å². The highest BCUT2D eigenvalue weighted by Gasteiger charge is 2.41. The molecule has 0 N–H and O–H groups in total. The van der Waals surface area contributed by atoms with Gasteiger partial charge < -0.3 is 14.5 Å². The van der Waals surface area contributed by atoms with Gasteiger partial charge in [0.2, 0.25) is 0 Å². The van der Waals surface area contributed by atoms with E-state index in [2.05, 4.69) is 25.8 Å². The zero-order chi connectivity index (χ0) is 21.1. The number of nitrogens with zero attached hydrogens (tertiary/aromatic N) is 3. The summed E-state index contributed by atoms with van der Waals surface area (Å²) < 4.78 is 5.76. The van der Waals surface area contributed by atoms with Crippen LogP contribution in [-0.4, -0.2) is 72.9 Å². The van der Waals surface area contributed by atoms with Gasteiger partial charge in [0.15, 0.2) is 0 Å². The quantitative estimate of drug-likeness (QED) is 0.660. The van der Waals surface area contributed by atoms with Crippen molar-refractivity contribution in [2.24, 2.45) is 5.92 Å². The van der Waals surface area contributed by atoms with Crippen LogP contribution in [0.5, 0.6) is 5.75 Å². The van der Waals surface area contributed by atoms with Crippen LogP contribution in [0.25, 0.3) is 5.57 Å². The highest BCUT2D eigenvalue weighted by atomic mass is 16.5. The van der Waals surface area contributed by atoms with Crippen molar-refractivity contribution in [3.05, 3.63) is 35.5 Å². The molecule has 0 aromatic heterocycles. The molecule has 1 fully saturated rings. The summed E-state index contributed by atoms with van der Waals surface area (Å²) in [5, 5.41) is 0. The van der Waals surface area contributed by atoms with E-state index < -0.39 is 0 Å². The number of hydrogen-bond acceptors (Lipinski definition) is 5. The second-order valence-corrected chi connectivity index (χ2v) is 8.45. The van der Waals surface area contributed by atoms with Crippen LogP contribution in [0.1, 0.15) is 39.2 Å². The summed E-state index contributed by atoms with van der Waals surface area (Å²) in [7, 11) is 4.07. The number of carbonyl (C=O) groups excluding carboxylic acids is 2. The molecule has 2 amide bonds. The minimum Gasteiger partial charge on any atom is -0.493 e. The van der Waals surface area contributed by atoms with Crippen molar-refractivity contribution in [2.45, 2.75) is 39.7 Å². The first-order valence-corrected chi connectivity index (χ1v) is 10.6. The lowest BCUT2D eigenvalue weighted by atomic mass is 10.00. The molecule has 2 aliphatic rings. The Bertz CT molecular complexity index is 777. The van der Waals surface area contributed by atoms with E-state index >= 15 is 0 Å². The lowest BCUT2D eigenvalue weighted by molar-refractivity contribution is -0.137. The van der Waals surface area contributed by atoms with E-state index in [1.54, 1.807) is 0 Å². The Kier molecular flexibility index (Phi) is 6.63. The third-order valence-electron chi connectivity index (χ3n) is 5.77. The van der Waals surface area contributed by atoms with Crippen LogP contribution >= 0.6 is 0 Å². The molecule has 29 heavy (non-hydrogen) atoms. The molecule has 2 heterocycles. The Morgan fingerprint density at radius 3 is 2.28 bits per heavy atom. The number of benzene rings is 1. The van der Waals surface area contributed by atoms with Crippen LogP contribution in [0.3, 0.4) is 0 Å². The molecule has 0 atom stereocenters. The van der Waals surface area contributed by atoms with Crippen LogP contribution in [0.2, 0.25) is 0 Å². The van der Waals surface area contributed by atoms with Crippen molar-refractivity contribution < 1.29 is 14.3 Å². The molecular formula is C23H33N3O3. The third-order valence-corrected chi connectivity index (χ3v) is 5.77. The second kappa shape index (κ2) is 8.99. The van der Waals surface area contributed by atoms with Crippen molar-refractivity contribution >= 4 is 17.4 Å². The molecule has 0 unspecified atom stereocenters. The number of likely N-dealkylation sites (N-methyl/N-ethyl adjacent to an activating group) is 2. The van der Waals surface area contributed by atoms with Gasteiger partial charge in [-0.15, -0.1) is 0 Å². The number of likely N-dealkylation sites (tertiary alicyclic amines) is 1. The summed E-state index contributed by atoms with van der Waals surface area (Å²) in [6, 6.07) is 7.79. The first-order valence-electron chi connectivity index (χ1n) is 10.6. The van der Waals surface area contributed by atoms with Crippen molar-refractivity contribution in [1.29, 1.82) is 0 Å². The van der Waals surface area contributed by atoms with Crippen LogP contribution in [0.15, 0.2) is 30.0 Å². The first kappa shape index (κ1) is 21.4. The van der Waals surface area contributed by atoms with E-state index in [9.17, 15) is 9.59 Å². The van der Waals surface area contributed by atoms with Crippen molar-refractivity contribution in [3.63, 3.8) is 0 Å². The van der Waals surface area contributed by atoms with Gasteiger partial charge in [-0.1, -0.05) is 26.0 Å². The molecule has 2 aliphatic heterocycles. The van der Waals surface area contributed by atoms with Gasteiger partial charge in [0.1, 0.15) is 11.4 Å². The fourth-order valence-corrected chi connectivity index (χ4v) is 3.98. The Hall–Kier alpha value is -2.34. The summed E-state index contributed by atoms with van der Waals surface area (Å²) in [6.07, 6.45) is 1.97. The zero-order valence-electron chi connectivity index (χ0n) is 18.3. The van der Waals surface area contributed by atoms with Crippen molar-refractivity contribution in [3.8, 4) is 5.75 Å². The largest absolute Gasteiger partial charge is 0.493 e. The van der Waals surface area contributed by atoms with Crippen molar-refractivity contribution in [1.82, 2.24) is 14.7 Å². The van der Waals surface area contributed by atoms with Crippen molar-refractivity contribution in [2.75, 3.05) is 40.3 Å². The summed E-state index contributed by atoms with van der Waals surface area (Å²) in [4.78, 5) is 31.9. The van der Waals surface area contributed by atoms with E-state index in [1.807, 2.05) is 43.1 Å². The number of imide groups is 1. The fraction of sp³-hybridized carbons (Fsp3) is 0.565. The molecular weight excluding hydrogens is 366 g/mol. The second-order valence-electron chi connectivity index (χ2n) is 8.45. The molecule has 1 saturated heterocycles. The number of piperidine rings is 1. The lowest BCUT2D eigenvalue weighted by Gasteiger charge is -2.36. The minimum atomic E-state index is -0.205. The highest BCUT2D eigenvalue weighted by molar-refractivity contribution is 6.35. The monoisotopic (exact) mass is 399 g/mol. The Morgan fingerprint density at radius 1 is 1.10 bits per heavy atom. The van der Waals surface area contributed by atoms with Gasteiger partial charge in [-0.2, -0.15) is 0 Å². The van der Waals surface area contributed by atoms with E-state index in [1.165, 1.54) is 4.90 Å². The van der Waals surface area contributed by atoms with Crippen LogP contribution in [0, 0.1) is 5.92 Å². The lowest BCUT2D eigenvalue weighted by Crippen LogP contribution is -2.43. The number of amides is 2. The maximum absolute atomic E-state index is 13.1. The number of rotatable bonds is 7. The van der Waals surface area contributed by atoms with Gasteiger partial charge in [0.05, 0.1) is 12.2 Å². The predicted octanol–water partition coefficient (Wildman–Crippen LogP) is 2.85. The Morgan fingerprint density at radius 2 is 1.72 bits per heavy atom. The maximum Gasteiger partial charge on any atom is 0.277 e. The predicted molar refractivity (Wildman–Crippen MR) is 114 cm³/mol. The van der Waals surface area contributed by atoms with Crippen LogP contribution in [0.4, 0.5) is 0 Å². The summed E-state index contributed by atoms with van der Waals surface area (Å²) in [6.45, 7) is 9.07.